The number of methoxy groups -OCH3 is 1. The van der Waals surface area contributed by atoms with E-state index < -0.39 is 0 Å². The first-order valence-electron chi connectivity index (χ1n) is 6.53. The zero-order chi connectivity index (χ0) is 11.8. The second kappa shape index (κ2) is 4.42. The fraction of sp³-hybridized carbons (Fsp3) is 0.769. The van der Waals surface area contributed by atoms with Crippen LogP contribution in [0.2, 0.25) is 0 Å². The molecule has 0 amide bonds. The van der Waals surface area contributed by atoms with Crippen molar-refractivity contribution >= 4 is 0 Å². The molecule has 1 atom stereocenters. The molecule has 94 valence electrons. The second-order valence-electron chi connectivity index (χ2n) is 5.34. The number of aromatic nitrogens is 2. The number of rotatable bonds is 3. The minimum Gasteiger partial charge on any atom is -0.384 e. The highest BCUT2D eigenvalue weighted by molar-refractivity contribution is 5.26. The molecule has 0 N–H and O–H groups in total. The largest absolute Gasteiger partial charge is 0.384 e. The summed E-state index contributed by atoms with van der Waals surface area (Å²) >= 11 is 0. The third kappa shape index (κ3) is 1.89. The molecule has 0 bridgehead atoms. The van der Waals surface area contributed by atoms with Crippen LogP contribution in [0.3, 0.4) is 0 Å². The average molecular weight is 235 g/mol. The van der Waals surface area contributed by atoms with Crippen LogP contribution in [-0.4, -0.2) is 41.0 Å². The summed E-state index contributed by atoms with van der Waals surface area (Å²) in [6.45, 7) is 3.01. The van der Waals surface area contributed by atoms with Crippen molar-refractivity contribution < 1.29 is 4.74 Å². The molecular weight excluding hydrogens is 214 g/mol. The van der Waals surface area contributed by atoms with E-state index in [1.54, 1.807) is 7.11 Å². The van der Waals surface area contributed by atoms with Gasteiger partial charge in [0.2, 0.25) is 0 Å². The lowest BCUT2D eigenvalue weighted by Gasteiger charge is -2.42. The zero-order valence-electron chi connectivity index (χ0n) is 10.7. The van der Waals surface area contributed by atoms with Crippen LogP contribution in [0, 0.1) is 0 Å². The summed E-state index contributed by atoms with van der Waals surface area (Å²) in [6, 6.07) is 0.803. The van der Waals surface area contributed by atoms with E-state index in [1.807, 2.05) is 17.9 Å². The van der Waals surface area contributed by atoms with Gasteiger partial charge in [-0.2, -0.15) is 5.10 Å². The predicted octanol–water partition coefficient (Wildman–Crippen LogP) is 1.52. The lowest BCUT2D eigenvalue weighted by Crippen LogP contribution is -2.45. The van der Waals surface area contributed by atoms with Crippen LogP contribution in [0.1, 0.15) is 36.4 Å². The topological polar surface area (TPSA) is 30.3 Å². The van der Waals surface area contributed by atoms with E-state index in [2.05, 4.69) is 10.00 Å². The van der Waals surface area contributed by atoms with E-state index in [0.29, 0.717) is 5.92 Å². The lowest BCUT2D eigenvalue weighted by molar-refractivity contribution is 0.0762. The average Bonchev–Trinajstić information content (AvgIpc) is 2.59. The predicted molar refractivity (Wildman–Crippen MR) is 65.9 cm³/mol. The number of hydrogen-bond donors (Lipinski definition) is 0. The van der Waals surface area contributed by atoms with Crippen molar-refractivity contribution in [3.8, 4) is 0 Å². The van der Waals surface area contributed by atoms with E-state index >= 15 is 0 Å². The molecule has 0 spiro atoms. The van der Waals surface area contributed by atoms with Gasteiger partial charge in [0.25, 0.3) is 0 Å². The SMILES string of the molecule is COCC1CN(C2CCC2)Cc2c1cnn2C. The second-order valence-corrected chi connectivity index (χ2v) is 5.34. The van der Waals surface area contributed by atoms with Gasteiger partial charge in [0.1, 0.15) is 0 Å². The fourth-order valence-corrected chi connectivity index (χ4v) is 3.03. The molecule has 1 saturated carbocycles. The van der Waals surface area contributed by atoms with Gasteiger partial charge < -0.3 is 4.74 Å². The number of ether oxygens (including phenoxy) is 1. The van der Waals surface area contributed by atoms with Gasteiger partial charge in [0, 0.05) is 44.8 Å². The summed E-state index contributed by atoms with van der Waals surface area (Å²) in [7, 11) is 3.84. The van der Waals surface area contributed by atoms with Crippen molar-refractivity contribution in [2.75, 3.05) is 20.3 Å². The van der Waals surface area contributed by atoms with E-state index in [1.165, 1.54) is 30.5 Å². The van der Waals surface area contributed by atoms with E-state index in [9.17, 15) is 0 Å². The molecule has 17 heavy (non-hydrogen) atoms. The molecule has 0 saturated heterocycles. The van der Waals surface area contributed by atoms with Crippen LogP contribution >= 0.6 is 0 Å². The molecule has 1 aliphatic carbocycles. The molecule has 1 fully saturated rings. The summed E-state index contributed by atoms with van der Waals surface area (Å²) < 4.78 is 7.39. The van der Waals surface area contributed by atoms with Crippen LogP contribution < -0.4 is 0 Å². The molecule has 4 nitrogen and oxygen atoms in total. The molecule has 4 heteroatoms. The van der Waals surface area contributed by atoms with Crippen LogP contribution in [0.15, 0.2) is 6.20 Å². The molecule has 1 aromatic heterocycles. The first kappa shape index (κ1) is 11.2. The maximum absolute atomic E-state index is 5.36. The summed E-state index contributed by atoms with van der Waals surface area (Å²) in [4.78, 5) is 2.62. The Morgan fingerprint density at radius 3 is 2.94 bits per heavy atom. The quantitative estimate of drug-likeness (QED) is 0.795. The summed E-state index contributed by atoms with van der Waals surface area (Å²) in [5.41, 5.74) is 2.77. The van der Waals surface area contributed by atoms with Gasteiger partial charge >= 0.3 is 0 Å². The third-order valence-electron chi connectivity index (χ3n) is 4.30. The van der Waals surface area contributed by atoms with Gasteiger partial charge in [-0.3, -0.25) is 9.58 Å². The van der Waals surface area contributed by atoms with E-state index in [-0.39, 0.29) is 0 Å². The maximum atomic E-state index is 5.36. The van der Waals surface area contributed by atoms with E-state index in [4.69, 9.17) is 4.74 Å². The Balaban J connectivity index is 1.84. The Morgan fingerprint density at radius 2 is 2.29 bits per heavy atom. The standard InChI is InChI=1S/C13H21N3O/c1-15-13-8-16(11-4-3-5-11)7-10(9-17-2)12(13)6-14-15/h6,10-11H,3-5,7-9H2,1-2H3. The number of nitrogens with zero attached hydrogens (tertiary/aromatic N) is 3. The fourth-order valence-electron chi connectivity index (χ4n) is 3.03. The molecule has 1 aliphatic heterocycles. The van der Waals surface area contributed by atoms with Crippen molar-refractivity contribution in [2.45, 2.75) is 37.8 Å². The summed E-state index contributed by atoms with van der Waals surface area (Å²) in [5.74, 6) is 0.498. The maximum Gasteiger partial charge on any atom is 0.0557 e. The smallest absolute Gasteiger partial charge is 0.0557 e. The Labute approximate surface area is 103 Å². The Hall–Kier alpha value is -0.870. The first-order chi connectivity index (χ1) is 8.29. The molecule has 1 aromatic rings. The van der Waals surface area contributed by atoms with Gasteiger partial charge in [0.05, 0.1) is 18.5 Å². The van der Waals surface area contributed by atoms with Crippen LogP contribution in [0.4, 0.5) is 0 Å². The van der Waals surface area contributed by atoms with Crippen molar-refractivity contribution in [2.24, 2.45) is 7.05 Å². The van der Waals surface area contributed by atoms with Crippen molar-refractivity contribution in [3.05, 3.63) is 17.5 Å². The molecule has 0 radical (unpaired) electrons. The minimum atomic E-state index is 0.498. The number of hydrogen-bond acceptors (Lipinski definition) is 3. The van der Waals surface area contributed by atoms with Gasteiger partial charge in [-0.15, -0.1) is 0 Å². The number of aryl methyl sites for hydroxylation is 1. The highest BCUT2D eigenvalue weighted by Gasteiger charge is 2.33. The lowest BCUT2D eigenvalue weighted by atomic mass is 9.87. The van der Waals surface area contributed by atoms with Crippen molar-refractivity contribution in [1.29, 1.82) is 0 Å². The van der Waals surface area contributed by atoms with Gasteiger partial charge in [0.15, 0.2) is 0 Å². The minimum absolute atomic E-state index is 0.498. The van der Waals surface area contributed by atoms with Gasteiger partial charge in [-0.05, 0) is 12.8 Å². The Kier molecular flexibility index (Phi) is 2.92. The molecule has 3 rings (SSSR count). The molecular formula is C13H21N3O. The molecule has 2 heterocycles. The third-order valence-corrected chi connectivity index (χ3v) is 4.30. The Bertz CT molecular complexity index is 397. The van der Waals surface area contributed by atoms with Crippen molar-refractivity contribution in [3.63, 3.8) is 0 Å². The molecule has 2 aliphatic rings. The molecule has 0 aromatic carbocycles. The van der Waals surface area contributed by atoms with E-state index in [0.717, 1.165) is 25.7 Å². The number of fused-ring (bicyclic) bond motifs is 1. The van der Waals surface area contributed by atoms with Crippen molar-refractivity contribution in [1.82, 2.24) is 14.7 Å². The summed E-state index contributed by atoms with van der Waals surface area (Å²) in [5, 5.41) is 4.40. The van der Waals surface area contributed by atoms with Crippen LogP contribution in [0.25, 0.3) is 0 Å². The zero-order valence-corrected chi connectivity index (χ0v) is 10.7. The first-order valence-corrected chi connectivity index (χ1v) is 6.53. The Morgan fingerprint density at radius 1 is 1.47 bits per heavy atom. The van der Waals surface area contributed by atoms with Gasteiger partial charge in [-0.1, -0.05) is 6.42 Å². The van der Waals surface area contributed by atoms with Crippen LogP contribution in [-0.2, 0) is 18.3 Å². The molecule has 1 unspecified atom stereocenters. The van der Waals surface area contributed by atoms with Crippen LogP contribution in [0.5, 0.6) is 0 Å². The monoisotopic (exact) mass is 235 g/mol. The highest BCUT2D eigenvalue weighted by Crippen LogP contribution is 2.34. The highest BCUT2D eigenvalue weighted by atomic mass is 16.5. The summed E-state index contributed by atoms with van der Waals surface area (Å²) in [6.07, 6.45) is 6.16. The normalized spacial score (nSPS) is 25.6. The van der Waals surface area contributed by atoms with Gasteiger partial charge in [-0.25, -0.2) is 0 Å².